The maximum atomic E-state index is 11.6. The summed E-state index contributed by atoms with van der Waals surface area (Å²) in [5.74, 6) is -0.486. The maximum absolute atomic E-state index is 11.6. The summed E-state index contributed by atoms with van der Waals surface area (Å²) in [6.45, 7) is 1.72. The fourth-order valence-electron chi connectivity index (χ4n) is 1.46. The zero-order valence-electron chi connectivity index (χ0n) is 9.23. The number of carbonyl (C=O) groups excluding carboxylic acids is 1. The van der Waals surface area contributed by atoms with Gasteiger partial charge in [0.2, 0.25) is 0 Å². The average molecular weight is 239 g/mol. The van der Waals surface area contributed by atoms with Crippen LogP contribution in [0.1, 0.15) is 31.6 Å². The van der Waals surface area contributed by atoms with Gasteiger partial charge in [0.05, 0.1) is 6.04 Å². The molecule has 92 valence electrons. The number of carboxylic acid groups (broad SMARTS) is 1. The Hall–Kier alpha value is -2.12. The van der Waals surface area contributed by atoms with Crippen molar-refractivity contribution in [1.29, 1.82) is 0 Å². The molecule has 1 saturated carbocycles. The molecule has 0 aliphatic heterocycles. The van der Waals surface area contributed by atoms with Crippen molar-refractivity contribution in [2.75, 3.05) is 0 Å². The number of nitrogens with one attached hydrogen (secondary N) is 3. The lowest BCUT2D eigenvalue weighted by atomic mass is 10.3. The van der Waals surface area contributed by atoms with E-state index in [1.54, 1.807) is 6.92 Å². The molecule has 1 aliphatic carbocycles. The van der Waals surface area contributed by atoms with E-state index in [0.717, 1.165) is 0 Å². The van der Waals surface area contributed by atoms with Crippen LogP contribution in [-0.4, -0.2) is 37.8 Å². The van der Waals surface area contributed by atoms with Crippen LogP contribution in [0.5, 0.6) is 0 Å². The Labute approximate surface area is 96.8 Å². The molecule has 8 nitrogen and oxygen atoms in total. The van der Waals surface area contributed by atoms with Gasteiger partial charge in [-0.05, 0) is 19.8 Å². The van der Waals surface area contributed by atoms with Crippen LogP contribution in [0.3, 0.4) is 0 Å². The summed E-state index contributed by atoms with van der Waals surface area (Å²) in [6, 6.07) is -0.879. The van der Waals surface area contributed by atoms with Gasteiger partial charge < -0.3 is 15.7 Å². The topological polar surface area (TPSA) is 120 Å². The van der Waals surface area contributed by atoms with Crippen LogP contribution in [0.4, 0.5) is 4.79 Å². The first kappa shape index (κ1) is 11.4. The predicted molar refractivity (Wildman–Crippen MR) is 56.1 cm³/mol. The van der Waals surface area contributed by atoms with Gasteiger partial charge >= 0.3 is 12.0 Å². The normalized spacial score (nSPS) is 18.2. The van der Waals surface area contributed by atoms with Crippen molar-refractivity contribution < 1.29 is 14.7 Å². The van der Waals surface area contributed by atoms with E-state index in [1.807, 2.05) is 0 Å². The van der Waals surface area contributed by atoms with Crippen LogP contribution >= 0.6 is 0 Å². The second-order valence-electron chi connectivity index (χ2n) is 4.08. The van der Waals surface area contributed by atoms with E-state index >= 15 is 0 Å². The van der Waals surface area contributed by atoms with Gasteiger partial charge in [-0.25, -0.2) is 14.6 Å². The van der Waals surface area contributed by atoms with Crippen molar-refractivity contribution in [3.8, 4) is 0 Å². The summed E-state index contributed by atoms with van der Waals surface area (Å²) in [5.41, 5.74) is -1.08. The molecule has 17 heavy (non-hydrogen) atoms. The van der Waals surface area contributed by atoms with Gasteiger partial charge in [0, 0.05) is 0 Å². The fourth-order valence-corrected chi connectivity index (χ4v) is 1.46. The van der Waals surface area contributed by atoms with Gasteiger partial charge in [0.1, 0.15) is 17.7 Å². The largest absolute Gasteiger partial charge is 0.480 e. The number of aliphatic carboxylic acids is 1. The molecule has 4 N–H and O–H groups in total. The summed E-state index contributed by atoms with van der Waals surface area (Å²) in [4.78, 5) is 26.3. The van der Waals surface area contributed by atoms with Gasteiger partial charge in [0.25, 0.3) is 0 Å². The van der Waals surface area contributed by atoms with E-state index in [1.165, 1.54) is 6.33 Å². The Balaban J connectivity index is 1.88. The van der Waals surface area contributed by atoms with E-state index in [-0.39, 0.29) is 6.04 Å². The van der Waals surface area contributed by atoms with Crippen molar-refractivity contribution in [2.45, 2.75) is 31.3 Å². The zero-order valence-corrected chi connectivity index (χ0v) is 9.23. The SMILES string of the molecule is CC(NC(=O)NC1(C(=O)O)CC1)c1ncn[nH]1. The summed E-state index contributed by atoms with van der Waals surface area (Å²) in [7, 11) is 0. The molecule has 1 unspecified atom stereocenters. The number of hydrogen-bond acceptors (Lipinski definition) is 4. The third kappa shape index (κ3) is 2.35. The standard InChI is InChI=1S/C9H13N5O3/c1-5(6-10-4-11-14-6)12-8(17)13-9(2-3-9)7(15)16/h4-5H,2-3H2,1H3,(H,15,16)(H,10,11,14)(H2,12,13,17). The highest BCUT2D eigenvalue weighted by Gasteiger charge is 2.51. The van der Waals surface area contributed by atoms with E-state index in [0.29, 0.717) is 18.7 Å². The minimum absolute atomic E-state index is 0.359. The molecule has 0 radical (unpaired) electrons. The van der Waals surface area contributed by atoms with Crippen LogP contribution in [0.2, 0.25) is 0 Å². The lowest BCUT2D eigenvalue weighted by Crippen LogP contribution is -2.48. The van der Waals surface area contributed by atoms with Gasteiger partial charge in [-0.3, -0.25) is 5.10 Å². The molecule has 0 bridgehead atoms. The van der Waals surface area contributed by atoms with Crippen LogP contribution in [0, 0.1) is 0 Å². The summed E-state index contributed by atoms with van der Waals surface area (Å²) < 4.78 is 0. The van der Waals surface area contributed by atoms with Crippen LogP contribution in [0.15, 0.2) is 6.33 Å². The molecule has 0 saturated heterocycles. The molecule has 1 aromatic heterocycles. The highest BCUT2D eigenvalue weighted by atomic mass is 16.4. The Morgan fingerprint density at radius 2 is 2.29 bits per heavy atom. The summed E-state index contributed by atoms with van der Waals surface area (Å²) in [5, 5.41) is 20.2. The summed E-state index contributed by atoms with van der Waals surface area (Å²) in [6.07, 6.45) is 2.27. The first-order valence-corrected chi connectivity index (χ1v) is 5.21. The number of aromatic amines is 1. The Kier molecular flexibility index (Phi) is 2.70. The van der Waals surface area contributed by atoms with Crippen LogP contribution in [0.25, 0.3) is 0 Å². The molecule has 1 atom stereocenters. The number of nitrogens with zero attached hydrogens (tertiary/aromatic N) is 2. The number of carbonyl (C=O) groups is 2. The van der Waals surface area contributed by atoms with E-state index in [4.69, 9.17) is 5.11 Å². The second kappa shape index (κ2) is 4.04. The number of urea groups is 1. The molecule has 1 aromatic rings. The fraction of sp³-hybridized carbons (Fsp3) is 0.556. The molecule has 0 aromatic carbocycles. The maximum Gasteiger partial charge on any atom is 0.329 e. The molecular weight excluding hydrogens is 226 g/mol. The van der Waals surface area contributed by atoms with Crippen molar-refractivity contribution >= 4 is 12.0 Å². The lowest BCUT2D eigenvalue weighted by molar-refractivity contribution is -0.140. The van der Waals surface area contributed by atoms with Gasteiger partial charge in [-0.2, -0.15) is 5.10 Å². The second-order valence-corrected chi connectivity index (χ2v) is 4.08. The number of aromatic nitrogens is 3. The highest BCUT2D eigenvalue weighted by molar-refractivity contribution is 5.88. The molecule has 0 spiro atoms. The summed E-state index contributed by atoms with van der Waals surface area (Å²) >= 11 is 0. The monoisotopic (exact) mass is 239 g/mol. The molecule has 2 rings (SSSR count). The average Bonchev–Trinajstić information content (AvgIpc) is 2.84. The third-order valence-corrected chi connectivity index (χ3v) is 2.70. The first-order valence-electron chi connectivity index (χ1n) is 5.21. The quantitative estimate of drug-likeness (QED) is 0.579. The molecular formula is C9H13N5O3. The third-order valence-electron chi connectivity index (χ3n) is 2.70. The van der Waals surface area contributed by atoms with E-state index in [2.05, 4.69) is 25.8 Å². The molecule has 1 fully saturated rings. The lowest BCUT2D eigenvalue weighted by Gasteiger charge is -2.16. The number of hydrogen-bond donors (Lipinski definition) is 4. The Morgan fingerprint density at radius 3 is 2.76 bits per heavy atom. The Bertz CT molecular complexity index is 426. The smallest absolute Gasteiger partial charge is 0.329 e. The number of carboxylic acids is 1. The highest BCUT2D eigenvalue weighted by Crippen LogP contribution is 2.35. The minimum atomic E-state index is -1.08. The van der Waals surface area contributed by atoms with E-state index in [9.17, 15) is 9.59 Å². The minimum Gasteiger partial charge on any atom is -0.480 e. The van der Waals surface area contributed by atoms with Crippen molar-refractivity contribution in [3.05, 3.63) is 12.2 Å². The van der Waals surface area contributed by atoms with Gasteiger partial charge in [-0.1, -0.05) is 0 Å². The number of amides is 2. The number of H-pyrrole nitrogens is 1. The Morgan fingerprint density at radius 1 is 1.59 bits per heavy atom. The molecule has 1 heterocycles. The predicted octanol–water partition coefficient (Wildman–Crippen LogP) is -0.218. The van der Waals surface area contributed by atoms with Gasteiger partial charge in [0.15, 0.2) is 0 Å². The molecule has 1 aliphatic rings. The zero-order chi connectivity index (χ0) is 12.5. The van der Waals surface area contributed by atoms with Crippen LogP contribution in [-0.2, 0) is 4.79 Å². The first-order chi connectivity index (χ1) is 8.03. The number of rotatable bonds is 4. The molecule has 2 amide bonds. The van der Waals surface area contributed by atoms with Crippen molar-refractivity contribution in [3.63, 3.8) is 0 Å². The molecule has 8 heteroatoms. The van der Waals surface area contributed by atoms with Crippen LogP contribution < -0.4 is 10.6 Å². The van der Waals surface area contributed by atoms with E-state index < -0.39 is 17.5 Å². The van der Waals surface area contributed by atoms with Crippen molar-refractivity contribution in [1.82, 2.24) is 25.8 Å². The van der Waals surface area contributed by atoms with Crippen molar-refractivity contribution in [2.24, 2.45) is 0 Å². The van der Waals surface area contributed by atoms with Gasteiger partial charge in [-0.15, -0.1) is 0 Å².